The standard InChI is InChI=1S/C19H18F2N4OS/c1-12(15-9-8-14(20)10-16(15)21)22-17(26)11-27-19-24-23-18(25(19)2)13-6-4-3-5-7-13/h3-10,12H,11H2,1-2H3,(H,22,26)/t12-/m1/s1. The van der Waals surface area contributed by atoms with Gasteiger partial charge < -0.3 is 9.88 Å². The third-order valence-electron chi connectivity index (χ3n) is 4.01. The average molecular weight is 388 g/mol. The van der Waals surface area contributed by atoms with Crippen LogP contribution in [0.1, 0.15) is 18.5 Å². The van der Waals surface area contributed by atoms with Crippen molar-refractivity contribution in [1.29, 1.82) is 0 Å². The van der Waals surface area contributed by atoms with Crippen molar-refractivity contribution >= 4 is 17.7 Å². The smallest absolute Gasteiger partial charge is 0.230 e. The van der Waals surface area contributed by atoms with E-state index < -0.39 is 17.7 Å². The van der Waals surface area contributed by atoms with E-state index in [0.717, 1.165) is 11.6 Å². The molecule has 3 rings (SSSR count). The first-order chi connectivity index (χ1) is 13.0. The number of carbonyl (C=O) groups is 1. The van der Waals surface area contributed by atoms with Crippen molar-refractivity contribution in [3.63, 3.8) is 0 Å². The van der Waals surface area contributed by atoms with Crippen LogP contribution in [0.15, 0.2) is 53.7 Å². The van der Waals surface area contributed by atoms with Gasteiger partial charge in [-0.25, -0.2) is 8.78 Å². The summed E-state index contributed by atoms with van der Waals surface area (Å²) in [7, 11) is 1.83. The minimum atomic E-state index is -0.684. The molecule has 1 amide bonds. The number of hydrogen-bond acceptors (Lipinski definition) is 4. The normalized spacial score (nSPS) is 12.0. The molecule has 1 aromatic heterocycles. The van der Waals surface area contributed by atoms with E-state index in [1.165, 1.54) is 23.9 Å². The number of thioether (sulfide) groups is 1. The van der Waals surface area contributed by atoms with Gasteiger partial charge in [0, 0.05) is 24.2 Å². The molecule has 3 aromatic rings. The topological polar surface area (TPSA) is 59.8 Å². The zero-order valence-corrected chi connectivity index (χ0v) is 15.6. The summed E-state index contributed by atoms with van der Waals surface area (Å²) in [6.07, 6.45) is 0. The number of carbonyl (C=O) groups excluding carboxylic acids is 1. The minimum absolute atomic E-state index is 0.105. The van der Waals surface area contributed by atoms with Crippen LogP contribution in [0, 0.1) is 11.6 Å². The largest absolute Gasteiger partial charge is 0.349 e. The van der Waals surface area contributed by atoms with Crippen LogP contribution in [0.25, 0.3) is 11.4 Å². The van der Waals surface area contributed by atoms with Gasteiger partial charge in [0.2, 0.25) is 5.91 Å². The van der Waals surface area contributed by atoms with Crippen LogP contribution in [-0.2, 0) is 11.8 Å². The van der Waals surface area contributed by atoms with Crippen molar-refractivity contribution in [1.82, 2.24) is 20.1 Å². The Hall–Kier alpha value is -2.74. The van der Waals surface area contributed by atoms with Crippen molar-refractivity contribution < 1.29 is 13.6 Å². The zero-order valence-electron chi connectivity index (χ0n) is 14.8. The zero-order chi connectivity index (χ0) is 19.4. The Labute approximate surface area is 159 Å². The van der Waals surface area contributed by atoms with Gasteiger partial charge in [0.1, 0.15) is 11.6 Å². The van der Waals surface area contributed by atoms with Crippen LogP contribution < -0.4 is 5.32 Å². The lowest BCUT2D eigenvalue weighted by Crippen LogP contribution is -2.28. The second kappa shape index (κ2) is 8.30. The molecule has 0 bridgehead atoms. The second-order valence-electron chi connectivity index (χ2n) is 5.97. The van der Waals surface area contributed by atoms with Gasteiger partial charge in [-0.05, 0) is 13.0 Å². The van der Waals surface area contributed by atoms with Gasteiger partial charge >= 0.3 is 0 Å². The molecule has 1 heterocycles. The maximum absolute atomic E-state index is 13.8. The summed E-state index contributed by atoms with van der Waals surface area (Å²) in [6, 6.07) is 12.4. The van der Waals surface area contributed by atoms with Crippen molar-refractivity contribution in [2.75, 3.05) is 5.75 Å². The Kier molecular flexibility index (Phi) is 5.85. The number of amides is 1. The molecule has 0 saturated carbocycles. The first-order valence-corrected chi connectivity index (χ1v) is 9.26. The van der Waals surface area contributed by atoms with E-state index in [4.69, 9.17) is 0 Å². The minimum Gasteiger partial charge on any atom is -0.349 e. The van der Waals surface area contributed by atoms with E-state index in [1.807, 2.05) is 41.9 Å². The lowest BCUT2D eigenvalue weighted by atomic mass is 10.1. The van der Waals surface area contributed by atoms with Crippen LogP contribution in [0.2, 0.25) is 0 Å². The quantitative estimate of drug-likeness (QED) is 0.654. The highest BCUT2D eigenvalue weighted by Crippen LogP contribution is 2.23. The summed E-state index contributed by atoms with van der Waals surface area (Å²) in [5.41, 5.74) is 1.17. The fourth-order valence-electron chi connectivity index (χ4n) is 2.62. The molecule has 27 heavy (non-hydrogen) atoms. The van der Waals surface area contributed by atoms with E-state index in [2.05, 4.69) is 15.5 Å². The summed E-state index contributed by atoms with van der Waals surface area (Å²) in [6.45, 7) is 1.65. The SMILES string of the molecule is C[C@@H](NC(=O)CSc1nnc(-c2ccccc2)n1C)c1ccc(F)cc1F. The summed E-state index contributed by atoms with van der Waals surface area (Å²) in [4.78, 5) is 12.2. The highest BCUT2D eigenvalue weighted by Gasteiger charge is 2.16. The maximum Gasteiger partial charge on any atom is 0.230 e. The van der Waals surface area contributed by atoms with Gasteiger partial charge in [-0.15, -0.1) is 10.2 Å². The van der Waals surface area contributed by atoms with Crippen LogP contribution in [-0.4, -0.2) is 26.4 Å². The predicted octanol–water partition coefficient (Wildman–Crippen LogP) is 3.73. The molecule has 0 unspecified atom stereocenters. The number of benzene rings is 2. The molecule has 2 aromatic carbocycles. The number of hydrogen-bond donors (Lipinski definition) is 1. The summed E-state index contributed by atoms with van der Waals surface area (Å²) >= 11 is 1.24. The number of halogens is 2. The Morgan fingerprint density at radius 1 is 1.19 bits per heavy atom. The van der Waals surface area contributed by atoms with E-state index in [-0.39, 0.29) is 17.2 Å². The lowest BCUT2D eigenvalue weighted by molar-refractivity contribution is -0.119. The molecule has 140 valence electrons. The van der Waals surface area contributed by atoms with Crippen LogP contribution in [0.3, 0.4) is 0 Å². The van der Waals surface area contributed by atoms with Crippen molar-refractivity contribution in [3.8, 4) is 11.4 Å². The van der Waals surface area contributed by atoms with Crippen LogP contribution >= 0.6 is 11.8 Å². The highest BCUT2D eigenvalue weighted by atomic mass is 32.2. The first-order valence-electron chi connectivity index (χ1n) is 8.27. The molecule has 8 heteroatoms. The van der Waals surface area contributed by atoms with E-state index in [1.54, 1.807) is 6.92 Å². The van der Waals surface area contributed by atoms with Gasteiger partial charge in [0.15, 0.2) is 11.0 Å². The molecule has 0 fully saturated rings. The molecule has 5 nitrogen and oxygen atoms in total. The Bertz CT molecular complexity index is 946. The molecule has 0 spiro atoms. The van der Waals surface area contributed by atoms with Gasteiger partial charge in [0.05, 0.1) is 11.8 Å². The molecule has 1 atom stereocenters. The fourth-order valence-corrected chi connectivity index (χ4v) is 3.35. The second-order valence-corrected chi connectivity index (χ2v) is 6.92. The van der Waals surface area contributed by atoms with Gasteiger partial charge in [-0.3, -0.25) is 4.79 Å². The summed E-state index contributed by atoms with van der Waals surface area (Å²) in [5.74, 6) is -0.799. The molecule has 0 aliphatic heterocycles. The summed E-state index contributed by atoms with van der Waals surface area (Å²) < 4.78 is 28.6. The highest BCUT2D eigenvalue weighted by molar-refractivity contribution is 7.99. The number of nitrogens with one attached hydrogen (secondary N) is 1. The van der Waals surface area contributed by atoms with E-state index >= 15 is 0 Å². The Morgan fingerprint density at radius 2 is 1.93 bits per heavy atom. The van der Waals surface area contributed by atoms with Gasteiger partial charge in [-0.2, -0.15) is 0 Å². The molecule has 1 N–H and O–H groups in total. The van der Waals surface area contributed by atoms with Gasteiger partial charge in [-0.1, -0.05) is 48.2 Å². The molecule has 0 aliphatic rings. The number of rotatable bonds is 6. The predicted molar refractivity (Wildman–Crippen MR) is 100 cm³/mol. The molecular formula is C19H18F2N4OS. The molecular weight excluding hydrogens is 370 g/mol. The summed E-state index contributed by atoms with van der Waals surface area (Å²) in [5, 5.41) is 11.6. The Morgan fingerprint density at radius 3 is 2.63 bits per heavy atom. The third kappa shape index (κ3) is 4.51. The van der Waals surface area contributed by atoms with E-state index in [9.17, 15) is 13.6 Å². The Balaban J connectivity index is 1.60. The monoisotopic (exact) mass is 388 g/mol. The van der Waals surface area contributed by atoms with Crippen LogP contribution in [0.5, 0.6) is 0 Å². The number of aromatic nitrogens is 3. The number of nitrogens with zero attached hydrogens (tertiary/aromatic N) is 3. The van der Waals surface area contributed by atoms with Gasteiger partial charge in [0.25, 0.3) is 0 Å². The average Bonchev–Trinajstić information content (AvgIpc) is 3.01. The fraction of sp³-hybridized carbons (Fsp3) is 0.211. The molecule has 0 radical (unpaired) electrons. The van der Waals surface area contributed by atoms with E-state index in [0.29, 0.717) is 11.0 Å². The maximum atomic E-state index is 13.8. The third-order valence-corrected chi connectivity index (χ3v) is 5.03. The lowest BCUT2D eigenvalue weighted by Gasteiger charge is -2.15. The molecule has 0 aliphatic carbocycles. The van der Waals surface area contributed by atoms with Crippen molar-refractivity contribution in [3.05, 3.63) is 65.7 Å². The van der Waals surface area contributed by atoms with Crippen molar-refractivity contribution in [2.24, 2.45) is 7.05 Å². The first kappa shape index (κ1) is 19.0. The van der Waals surface area contributed by atoms with Crippen molar-refractivity contribution in [2.45, 2.75) is 18.1 Å². The molecule has 0 saturated heterocycles. The van der Waals surface area contributed by atoms with Crippen LogP contribution in [0.4, 0.5) is 8.78 Å².